The van der Waals surface area contributed by atoms with E-state index < -0.39 is 11.6 Å². The second-order valence-electron chi connectivity index (χ2n) is 7.66. The van der Waals surface area contributed by atoms with Crippen molar-refractivity contribution in [3.63, 3.8) is 0 Å². The van der Waals surface area contributed by atoms with Gasteiger partial charge in [0.2, 0.25) is 0 Å². The summed E-state index contributed by atoms with van der Waals surface area (Å²) in [5.74, 6) is -0.734. The number of hydrogen-bond acceptors (Lipinski definition) is 5. The van der Waals surface area contributed by atoms with Crippen LogP contribution in [0.3, 0.4) is 0 Å². The average Bonchev–Trinajstić information content (AvgIpc) is 3.09. The van der Waals surface area contributed by atoms with Gasteiger partial charge in [0.15, 0.2) is 5.60 Å². The number of ether oxygens (including phenoxy) is 1. The molecule has 0 unspecified atom stereocenters. The lowest BCUT2D eigenvalue weighted by atomic mass is 9.86. The third-order valence-corrected chi connectivity index (χ3v) is 6.92. The molecule has 3 aromatic rings. The Morgan fingerprint density at radius 1 is 1.17 bits per heavy atom. The van der Waals surface area contributed by atoms with Gasteiger partial charge in [-0.1, -0.05) is 37.0 Å². The fourth-order valence-corrected chi connectivity index (χ4v) is 4.88. The first-order valence-corrected chi connectivity index (χ1v) is 10.5. The van der Waals surface area contributed by atoms with Crippen molar-refractivity contribution < 1.29 is 14.6 Å². The molecule has 6 nitrogen and oxygen atoms in total. The molecule has 2 aliphatic heterocycles. The molecule has 4 heterocycles. The highest BCUT2D eigenvalue weighted by molar-refractivity contribution is 6.42. The fraction of sp³-hybridized carbons (Fsp3) is 0.318. The summed E-state index contributed by atoms with van der Waals surface area (Å²) in [5, 5.41) is 12.7. The number of nitrogens with zero attached hydrogens (tertiary/aromatic N) is 2. The second kappa shape index (κ2) is 6.54. The monoisotopic (exact) mass is 444 g/mol. The molecule has 1 atom stereocenters. The molecule has 0 saturated heterocycles. The maximum atomic E-state index is 13.3. The van der Waals surface area contributed by atoms with Crippen LogP contribution in [-0.2, 0) is 34.7 Å². The SMILES string of the molecule is CCc1c2c(nc3cc(Cl)c(Cl)cc13)-c1cc3c(c(=O)n1C2)COC(=O)[C@]3(O)CC. The Kier molecular flexibility index (Phi) is 4.26. The smallest absolute Gasteiger partial charge is 0.343 e. The van der Waals surface area contributed by atoms with Crippen LogP contribution >= 0.6 is 23.2 Å². The first-order chi connectivity index (χ1) is 14.3. The minimum absolute atomic E-state index is 0.105. The molecule has 5 rings (SSSR count). The van der Waals surface area contributed by atoms with Crippen molar-refractivity contribution in [2.75, 3.05) is 0 Å². The van der Waals surface area contributed by atoms with E-state index in [1.807, 2.05) is 13.0 Å². The molecule has 0 radical (unpaired) electrons. The predicted octanol–water partition coefficient (Wildman–Crippen LogP) is 3.95. The summed E-state index contributed by atoms with van der Waals surface area (Å²) >= 11 is 12.5. The zero-order valence-electron chi connectivity index (χ0n) is 16.4. The molecule has 30 heavy (non-hydrogen) atoms. The standard InChI is InChI=1S/C22H18Cl2N2O4/c1-3-10-11-5-15(23)16(24)7-17(11)25-19-12(10)8-26-18(19)6-14-13(20(26)27)9-30-21(28)22(14,29)4-2/h5-7,29H,3-4,8-9H2,1-2H3/t22-/m0/s1. The van der Waals surface area contributed by atoms with Gasteiger partial charge in [0.25, 0.3) is 5.56 Å². The summed E-state index contributed by atoms with van der Waals surface area (Å²) < 4.78 is 6.75. The molecule has 0 bridgehead atoms. The summed E-state index contributed by atoms with van der Waals surface area (Å²) in [4.78, 5) is 30.4. The van der Waals surface area contributed by atoms with Crippen molar-refractivity contribution in [2.24, 2.45) is 0 Å². The first-order valence-electron chi connectivity index (χ1n) is 9.77. The number of aliphatic hydroxyl groups is 1. The molecule has 2 aromatic heterocycles. The van der Waals surface area contributed by atoms with Gasteiger partial charge < -0.3 is 14.4 Å². The molecule has 0 aliphatic carbocycles. The summed E-state index contributed by atoms with van der Waals surface area (Å²) in [6.45, 7) is 3.94. The number of carbonyl (C=O) groups is 1. The molecule has 0 spiro atoms. The topological polar surface area (TPSA) is 81.4 Å². The van der Waals surface area contributed by atoms with E-state index >= 15 is 0 Å². The van der Waals surface area contributed by atoms with Crippen LogP contribution in [0.5, 0.6) is 0 Å². The van der Waals surface area contributed by atoms with Crippen molar-refractivity contribution in [2.45, 2.75) is 45.4 Å². The molecule has 0 fully saturated rings. The number of esters is 1. The number of carbonyl (C=O) groups excluding carboxylic acids is 1. The lowest BCUT2D eigenvalue weighted by molar-refractivity contribution is -0.172. The van der Waals surface area contributed by atoms with Crippen LogP contribution in [0.2, 0.25) is 10.0 Å². The summed E-state index contributed by atoms with van der Waals surface area (Å²) in [6, 6.07) is 5.24. The van der Waals surface area contributed by atoms with Gasteiger partial charge in [-0.15, -0.1) is 0 Å². The first kappa shape index (κ1) is 19.5. The highest BCUT2D eigenvalue weighted by atomic mass is 35.5. The quantitative estimate of drug-likeness (QED) is 0.473. The molecule has 0 saturated carbocycles. The lowest BCUT2D eigenvalue weighted by Gasteiger charge is -2.31. The van der Waals surface area contributed by atoms with Gasteiger partial charge in [0.05, 0.1) is 39.1 Å². The second-order valence-corrected chi connectivity index (χ2v) is 8.47. The van der Waals surface area contributed by atoms with Gasteiger partial charge >= 0.3 is 5.97 Å². The zero-order valence-corrected chi connectivity index (χ0v) is 17.9. The van der Waals surface area contributed by atoms with Crippen LogP contribution in [0.25, 0.3) is 22.3 Å². The molecular weight excluding hydrogens is 427 g/mol. The molecular formula is C22H18Cl2N2O4. The van der Waals surface area contributed by atoms with Gasteiger partial charge in [-0.25, -0.2) is 9.78 Å². The minimum Gasteiger partial charge on any atom is -0.458 e. The Morgan fingerprint density at radius 3 is 2.60 bits per heavy atom. The number of benzene rings is 1. The van der Waals surface area contributed by atoms with Crippen LogP contribution in [0.4, 0.5) is 0 Å². The van der Waals surface area contributed by atoms with Gasteiger partial charge in [0.1, 0.15) is 6.61 Å². The molecule has 1 aromatic carbocycles. The van der Waals surface area contributed by atoms with E-state index in [1.54, 1.807) is 23.6 Å². The summed E-state index contributed by atoms with van der Waals surface area (Å²) in [7, 11) is 0. The number of pyridine rings is 2. The number of cyclic esters (lactones) is 1. The highest BCUT2D eigenvalue weighted by Crippen LogP contribution is 2.41. The van der Waals surface area contributed by atoms with Crippen LogP contribution in [0.1, 0.15) is 42.5 Å². The Labute approximate surface area is 182 Å². The average molecular weight is 445 g/mol. The Balaban J connectivity index is 1.84. The Hall–Kier alpha value is -2.41. The van der Waals surface area contributed by atoms with Crippen LogP contribution in [0.15, 0.2) is 23.0 Å². The maximum Gasteiger partial charge on any atom is 0.343 e. The fourth-order valence-electron chi connectivity index (χ4n) is 4.56. The van der Waals surface area contributed by atoms with Crippen molar-refractivity contribution in [3.05, 3.63) is 60.9 Å². The van der Waals surface area contributed by atoms with Gasteiger partial charge in [-0.3, -0.25) is 4.79 Å². The Morgan fingerprint density at radius 2 is 1.90 bits per heavy atom. The van der Waals surface area contributed by atoms with E-state index in [0.717, 1.165) is 22.9 Å². The van der Waals surface area contributed by atoms with Crippen molar-refractivity contribution in [3.8, 4) is 11.4 Å². The minimum atomic E-state index is -1.84. The molecule has 2 aliphatic rings. The molecule has 8 heteroatoms. The number of halogens is 2. The van der Waals surface area contributed by atoms with Crippen LogP contribution in [-0.4, -0.2) is 20.6 Å². The van der Waals surface area contributed by atoms with Crippen molar-refractivity contribution >= 4 is 40.1 Å². The summed E-state index contributed by atoms with van der Waals surface area (Å²) in [5.41, 5.74) is 2.41. The van der Waals surface area contributed by atoms with Crippen LogP contribution < -0.4 is 5.56 Å². The van der Waals surface area contributed by atoms with E-state index in [0.29, 0.717) is 44.6 Å². The maximum absolute atomic E-state index is 13.3. The van der Waals surface area contributed by atoms with Gasteiger partial charge in [0, 0.05) is 16.5 Å². The molecule has 0 amide bonds. The van der Waals surface area contributed by atoms with Crippen molar-refractivity contribution in [1.82, 2.24) is 9.55 Å². The third kappa shape index (κ3) is 2.44. The number of rotatable bonds is 2. The van der Waals surface area contributed by atoms with Crippen molar-refractivity contribution in [1.29, 1.82) is 0 Å². The zero-order chi connectivity index (χ0) is 21.4. The van der Waals surface area contributed by atoms with E-state index in [9.17, 15) is 14.7 Å². The predicted molar refractivity (Wildman–Crippen MR) is 114 cm³/mol. The molecule has 1 N–H and O–H groups in total. The van der Waals surface area contributed by atoms with E-state index in [-0.39, 0.29) is 18.6 Å². The number of hydrogen-bond donors (Lipinski definition) is 1. The largest absolute Gasteiger partial charge is 0.458 e. The van der Waals surface area contributed by atoms with E-state index in [1.165, 1.54) is 0 Å². The number of aromatic nitrogens is 2. The normalized spacial score (nSPS) is 19.4. The summed E-state index contributed by atoms with van der Waals surface area (Å²) in [6.07, 6.45) is 0.830. The number of fused-ring (bicyclic) bond motifs is 5. The van der Waals surface area contributed by atoms with Gasteiger partial charge in [-0.05, 0) is 36.6 Å². The van der Waals surface area contributed by atoms with E-state index in [4.69, 9.17) is 32.9 Å². The van der Waals surface area contributed by atoms with E-state index in [2.05, 4.69) is 0 Å². The Bertz CT molecular complexity index is 1330. The lowest BCUT2D eigenvalue weighted by Crippen LogP contribution is -2.44. The van der Waals surface area contributed by atoms with Gasteiger partial charge in [-0.2, -0.15) is 0 Å². The number of aryl methyl sites for hydroxylation is 1. The highest BCUT2D eigenvalue weighted by Gasteiger charge is 2.45. The van der Waals surface area contributed by atoms with Crippen LogP contribution in [0, 0.1) is 0 Å². The molecule has 154 valence electrons. The third-order valence-electron chi connectivity index (χ3n) is 6.20.